The van der Waals surface area contributed by atoms with Gasteiger partial charge in [-0.1, -0.05) is 18.2 Å². The standard InChI is InChI=1S/C34H35F3N4O4/c1-5-38-21-26(32(43)41(24-12-10-23(35)11-13-24)20-22-8-6-7-9-27(22)36)31(42)25-18-28(37)30(19-29(25)38)39-14-16-40(17-15-39)33(44)45-34(2,3)4/h6-13,18-19,21H,5,14-17,20H2,1-4H3. The molecule has 4 aromatic rings. The average Bonchev–Trinajstić information content (AvgIpc) is 3.00. The van der Waals surface area contributed by atoms with Gasteiger partial charge >= 0.3 is 6.09 Å². The van der Waals surface area contributed by atoms with Crippen molar-refractivity contribution < 1.29 is 27.5 Å². The fourth-order valence-corrected chi connectivity index (χ4v) is 5.36. The van der Waals surface area contributed by atoms with E-state index < -0.39 is 40.5 Å². The Labute approximate surface area is 259 Å². The second-order valence-electron chi connectivity index (χ2n) is 11.9. The predicted octanol–water partition coefficient (Wildman–Crippen LogP) is 6.34. The highest BCUT2D eigenvalue weighted by Gasteiger charge is 2.29. The van der Waals surface area contributed by atoms with E-state index in [0.29, 0.717) is 38.2 Å². The molecule has 0 aliphatic carbocycles. The van der Waals surface area contributed by atoms with E-state index in [-0.39, 0.29) is 34.4 Å². The number of aryl methyl sites for hydroxylation is 1. The first kappa shape index (κ1) is 31.6. The zero-order chi connectivity index (χ0) is 32.5. The van der Waals surface area contributed by atoms with Gasteiger partial charge in [0.15, 0.2) is 0 Å². The van der Waals surface area contributed by atoms with Gasteiger partial charge in [-0.25, -0.2) is 18.0 Å². The molecule has 5 rings (SSSR count). The van der Waals surface area contributed by atoms with Gasteiger partial charge in [0.05, 0.1) is 17.7 Å². The summed E-state index contributed by atoms with van der Waals surface area (Å²) in [6.07, 6.45) is 0.996. The minimum Gasteiger partial charge on any atom is -0.444 e. The number of amides is 2. The van der Waals surface area contributed by atoms with Crippen molar-refractivity contribution in [3.05, 3.63) is 106 Å². The summed E-state index contributed by atoms with van der Waals surface area (Å²) in [6, 6.07) is 13.8. The van der Waals surface area contributed by atoms with Gasteiger partial charge in [0, 0.05) is 55.6 Å². The molecule has 3 aromatic carbocycles. The lowest BCUT2D eigenvalue weighted by Gasteiger charge is -2.37. The van der Waals surface area contributed by atoms with Crippen molar-refractivity contribution in [2.24, 2.45) is 0 Å². The number of anilines is 2. The number of piperazine rings is 1. The zero-order valence-corrected chi connectivity index (χ0v) is 25.6. The van der Waals surface area contributed by atoms with Crippen molar-refractivity contribution in [2.75, 3.05) is 36.0 Å². The highest BCUT2D eigenvalue weighted by atomic mass is 19.1. The van der Waals surface area contributed by atoms with Crippen molar-refractivity contribution in [2.45, 2.75) is 46.4 Å². The van der Waals surface area contributed by atoms with Crippen LogP contribution < -0.4 is 15.2 Å². The number of aromatic nitrogens is 1. The smallest absolute Gasteiger partial charge is 0.410 e. The molecule has 0 unspecified atom stereocenters. The summed E-state index contributed by atoms with van der Waals surface area (Å²) >= 11 is 0. The van der Waals surface area contributed by atoms with E-state index in [4.69, 9.17) is 4.74 Å². The van der Waals surface area contributed by atoms with Crippen LogP contribution in [0.25, 0.3) is 10.9 Å². The number of rotatable bonds is 6. The molecule has 1 fully saturated rings. The van der Waals surface area contributed by atoms with E-state index in [1.54, 1.807) is 42.4 Å². The fraction of sp³-hybridized carbons (Fsp3) is 0.324. The molecule has 0 radical (unpaired) electrons. The lowest BCUT2D eigenvalue weighted by atomic mass is 10.1. The van der Waals surface area contributed by atoms with Crippen LogP contribution >= 0.6 is 0 Å². The third kappa shape index (κ3) is 6.82. The summed E-state index contributed by atoms with van der Waals surface area (Å²) in [5.74, 6) is -2.43. The van der Waals surface area contributed by atoms with E-state index in [9.17, 15) is 23.2 Å². The summed E-state index contributed by atoms with van der Waals surface area (Å²) in [7, 11) is 0. The lowest BCUT2D eigenvalue weighted by molar-refractivity contribution is 0.0240. The Hall–Kier alpha value is -4.80. The second-order valence-corrected chi connectivity index (χ2v) is 11.9. The van der Waals surface area contributed by atoms with Crippen LogP contribution in [0.1, 0.15) is 43.6 Å². The number of ether oxygens (including phenoxy) is 1. The minimum absolute atomic E-state index is 0.0151. The SMILES string of the molecule is CCn1cc(C(=O)N(Cc2ccccc2F)c2ccc(F)cc2)c(=O)c2cc(F)c(N3CCN(C(=O)OC(C)(C)C)CC3)cc21. The third-order valence-electron chi connectivity index (χ3n) is 7.66. The molecule has 1 aliphatic heterocycles. The highest BCUT2D eigenvalue weighted by Crippen LogP contribution is 2.28. The van der Waals surface area contributed by atoms with E-state index >= 15 is 4.39 Å². The molecule has 0 atom stereocenters. The molecule has 0 saturated carbocycles. The molecule has 0 bridgehead atoms. The molecular weight excluding hydrogens is 585 g/mol. The normalized spacial score (nSPS) is 13.7. The van der Waals surface area contributed by atoms with Crippen molar-refractivity contribution >= 4 is 34.3 Å². The van der Waals surface area contributed by atoms with Crippen LogP contribution in [0.5, 0.6) is 0 Å². The van der Waals surface area contributed by atoms with Gasteiger partial charge in [-0.15, -0.1) is 0 Å². The van der Waals surface area contributed by atoms with Gasteiger partial charge < -0.3 is 24.0 Å². The Morgan fingerprint density at radius 2 is 1.58 bits per heavy atom. The number of nitrogens with zero attached hydrogens (tertiary/aromatic N) is 4. The van der Waals surface area contributed by atoms with Crippen LogP contribution in [0.15, 0.2) is 71.7 Å². The maximum absolute atomic E-state index is 15.7. The van der Waals surface area contributed by atoms with Crippen LogP contribution in [-0.4, -0.2) is 53.2 Å². The van der Waals surface area contributed by atoms with E-state index in [1.807, 2.05) is 11.8 Å². The summed E-state index contributed by atoms with van der Waals surface area (Å²) < 4.78 is 51.2. The van der Waals surface area contributed by atoms with Crippen LogP contribution in [0.4, 0.5) is 29.3 Å². The predicted molar refractivity (Wildman–Crippen MR) is 167 cm³/mol. The quantitative estimate of drug-likeness (QED) is 0.252. The van der Waals surface area contributed by atoms with Gasteiger partial charge in [-0.05, 0) is 70.2 Å². The van der Waals surface area contributed by atoms with Gasteiger partial charge in [0.2, 0.25) is 5.43 Å². The number of fused-ring (bicyclic) bond motifs is 1. The number of carbonyl (C=O) groups excluding carboxylic acids is 2. The van der Waals surface area contributed by atoms with E-state index in [1.165, 1.54) is 53.6 Å². The Morgan fingerprint density at radius 3 is 2.20 bits per heavy atom. The number of carbonyl (C=O) groups is 2. The number of benzene rings is 3. The molecule has 2 amide bonds. The maximum atomic E-state index is 15.7. The van der Waals surface area contributed by atoms with Crippen molar-refractivity contribution in [1.82, 2.24) is 9.47 Å². The molecule has 8 nitrogen and oxygen atoms in total. The molecule has 2 heterocycles. The largest absolute Gasteiger partial charge is 0.444 e. The van der Waals surface area contributed by atoms with E-state index in [0.717, 1.165) is 6.07 Å². The van der Waals surface area contributed by atoms with Crippen molar-refractivity contribution in [3.63, 3.8) is 0 Å². The summed E-state index contributed by atoms with van der Waals surface area (Å²) in [5.41, 5.74) is -0.361. The Morgan fingerprint density at radius 1 is 0.911 bits per heavy atom. The molecule has 0 spiro atoms. The average molecular weight is 621 g/mol. The topological polar surface area (TPSA) is 75.1 Å². The molecule has 45 heavy (non-hydrogen) atoms. The first-order valence-corrected chi connectivity index (χ1v) is 14.8. The monoisotopic (exact) mass is 620 g/mol. The number of halogens is 3. The van der Waals surface area contributed by atoms with Gasteiger partial charge in [0.25, 0.3) is 5.91 Å². The minimum atomic E-state index is -0.735. The van der Waals surface area contributed by atoms with Gasteiger partial charge in [0.1, 0.15) is 28.6 Å². The van der Waals surface area contributed by atoms with Gasteiger partial charge in [-0.3, -0.25) is 9.59 Å². The third-order valence-corrected chi connectivity index (χ3v) is 7.66. The summed E-state index contributed by atoms with van der Waals surface area (Å²) in [5, 5.41) is 0.0151. The number of hydrogen-bond donors (Lipinski definition) is 0. The second kappa shape index (κ2) is 12.7. The Kier molecular flexibility index (Phi) is 8.90. The molecule has 0 N–H and O–H groups in total. The fourth-order valence-electron chi connectivity index (χ4n) is 5.36. The van der Waals surface area contributed by atoms with Crippen LogP contribution in [-0.2, 0) is 17.8 Å². The van der Waals surface area contributed by atoms with Crippen LogP contribution in [0, 0.1) is 17.5 Å². The van der Waals surface area contributed by atoms with Gasteiger partial charge in [-0.2, -0.15) is 0 Å². The van der Waals surface area contributed by atoms with E-state index in [2.05, 4.69) is 0 Å². The highest BCUT2D eigenvalue weighted by molar-refractivity contribution is 6.07. The zero-order valence-electron chi connectivity index (χ0n) is 25.6. The van der Waals surface area contributed by atoms with Crippen molar-refractivity contribution in [1.29, 1.82) is 0 Å². The van der Waals surface area contributed by atoms with Crippen LogP contribution in [0.2, 0.25) is 0 Å². The van der Waals surface area contributed by atoms with Crippen molar-refractivity contribution in [3.8, 4) is 0 Å². The first-order valence-electron chi connectivity index (χ1n) is 14.8. The summed E-state index contributed by atoms with van der Waals surface area (Å²) in [6.45, 7) is 8.74. The molecule has 11 heteroatoms. The lowest BCUT2D eigenvalue weighted by Crippen LogP contribution is -2.50. The van der Waals surface area contributed by atoms with Crippen LogP contribution in [0.3, 0.4) is 0 Å². The summed E-state index contributed by atoms with van der Waals surface area (Å²) in [4.78, 5) is 44.9. The first-order chi connectivity index (χ1) is 21.4. The molecular formula is C34H35F3N4O4. The molecule has 236 valence electrons. The molecule has 1 saturated heterocycles. The number of pyridine rings is 1. The Balaban J connectivity index is 1.49. The Bertz CT molecular complexity index is 1790. The maximum Gasteiger partial charge on any atom is 0.410 e. The molecule has 1 aliphatic rings. The number of hydrogen-bond acceptors (Lipinski definition) is 5. The molecule has 1 aromatic heterocycles.